The number of anilines is 1. The first-order chi connectivity index (χ1) is 27.4. The van der Waals surface area contributed by atoms with Gasteiger partial charge in [-0.15, -0.1) is 0 Å². The highest BCUT2D eigenvalue weighted by Crippen LogP contribution is 2.63. The number of methoxy groups -OCH3 is 1. The monoisotopic (exact) mass is 814 g/mol. The first kappa shape index (κ1) is 39.3. The molecular formula is C43H48Cl2N6O6. The van der Waals surface area contributed by atoms with Crippen LogP contribution in [-0.4, -0.2) is 85.7 Å². The zero-order valence-electron chi connectivity index (χ0n) is 32.3. The van der Waals surface area contributed by atoms with Gasteiger partial charge in [0, 0.05) is 61.1 Å². The van der Waals surface area contributed by atoms with Gasteiger partial charge in [0.05, 0.1) is 45.6 Å². The number of ether oxygens (including phenoxy) is 1. The summed E-state index contributed by atoms with van der Waals surface area (Å²) in [7, 11) is 3.46. The molecule has 3 fully saturated rings. The summed E-state index contributed by atoms with van der Waals surface area (Å²) >= 11 is 14.1. The van der Waals surface area contributed by atoms with Gasteiger partial charge >= 0.3 is 11.9 Å². The van der Waals surface area contributed by atoms with Crippen LogP contribution in [0.1, 0.15) is 78.9 Å². The van der Waals surface area contributed by atoms with Crippen LogP contribution in [-0.2, 0) is 36.1 Å². The molecule has 0 spiro atoms. The van der Waals surface area contributed by atoms with Crippen molar-refractivity contribution in [3.63, 3.8) is 0 Å². The maximum absolute atomic E-state index is 13.8. The number of halogens is 2. The number of fused-ring (bicyclic) bond motifs is 3. The van der Waals surface area contributed by atoms with Crippen LogP contribution in [0.5, 0.6) is 5.88 Å². The number of amides is 1. The lowest BCUT2D eigenvalue weighted by atomic mass is 9.80. The Labute approximate surface area is 342 Å². The number of likely N-dealkylation sites (tertiary alicyclic amines) is 1. The predicted molar refractivity (Wildman–Crippen MR) is 218 cm³/mol. The Kier molecular flexibility index (Phi) is 10.8. The van der Waals surface area contributed by atoms with Gasteiger partial charge in [-0.1, -0.05) is 59.6 Å². The van der Waals surface area contributed by atoms with E-state index in [0.29, 0.717) is 88.8 Å². The average Bonchev–Trinajstić information content (AvgIpc) is 3.89. The van der Waals surface area contributed by atoms with Crippen molar-refractivity contribution in [3.05, 3.63) is 81.4 Å². The van der Waals surface area contributed by atoms with E-state index in [2.05, 4.69) is 15.1 Å². The van der Waals surface area contributed by atoms with E-state index < -0.39 is 17.4 Å². The minimum absolute atomic E-state index is 0.134. The Hall–Kier alpha value is -4.49. The van der Waals surface area contributed by atoms with Crippen LogP contribution in [0.4, 0.5) is 5.69 Å². The standard InChI is InChI=1S/C43H48Cl2N6O6/c1-49-34-13-21-51(22-18-42-14-16-43(25-42,17-15-42)41(55)56)24-33(34)46-37(49)38(52)47-32-8-4-6-29(36(32)45)28-5-3-7-30(35(28)44)31-10-9-27(39(48-31)57-2)23-50-19-11-26(12-20-50)40(53)54/h3-10,26H,11-25H2,1-2H3,(H,47,52)(H,53,54)(H,55,56). The number of rotatable bonds is 12. The Morgan fingerprint density at radius 3 is 2.28 bits per heavy atom. The van der Waals surface area contributed by atoms with Crippen LogP contribution in [0.25, 0.3) is 22.4 Å². The molecule has 2 aromatic heterocycles. The summed E-state index contributed by atoms with van der Waals surface area (Å²) < 4.78 is 7.58. The minimum atomic E-state index is -0.733. The molecule has 14 heteroatoms. The minimum Gasteiger partial charge on any atom is -0.481 e. The van der Waals surface area contributed by atoms with Crippen LogP contribution in [0.2, 0.25) is 10.0 Å². The van der Waals surface area contributed by atoms with Gasteiger partial charge in [-0.05, 0) is 88.5 Å². The molecule has 4 aliphatic rings. The summed E-state index contributed by atoms with van der Waals surface area (Å²) in [4.78, 5) is 51.4. The topological polar surface area (TPSA) is 150 Å². The number of nitrogens with one attached hydrogen (secondary N) is 1. The molecule has 57 heavy (non-hydrogen) atoms. The normalized spacial score (nSPS) is 22.4. The number of hydrogen-bond donors (Lipinski definition) is 3. The number of benzene rings is 2. The van der Waals surface area contributed by atoms with Crippen LogP contribution in [0.15, 0.2) is 48.5 Å². The van der Waals surface area contributed by atoms with Crippen molar-refractivity contribution >= 4 is 46.7 Å². The van der Waals surface area contributed by atoms with Crippen LogP contribution in [0, 0.1) is 16.7 Å². The van der Waals surface area contributed by atoms with Gasteiger partial charge < -0.3 is 24.8 Å². The first-order valence-corrected chi connectivity index (χ1v) is 20.5. The number of aromatic nitrogens is 3. The van der Waals surface area contributed by atoms with E-state index in [0.717, 1.165) is 75.0 Å². The van der Waals surface area contributed by atoms with E-state index in [9.17, 15) is 24.6 Å². The Balaban J connectivity index is 0.948. The fourth-order valence-electron chi connectivity index (χ4n) is 9.78. The lowest BCUT2D eigenvalue weighted by Gasteiger charge is -2.32. The van der Waals surface area contributed by atoms with E-state index in [-0.39, 0.29) is 17.2 Å². The summed E-state index contributed by atoms with van der Waals surface area (Å²) in [6.07, 6.45) is 7.37. The number of pyridine rings is 1. The van der Waals surface area contributed by atoms with Crippen molar-refractivity contribution in [1.29, 1.82) is 0 Å². The lowest BCUT2D eigenvalue weighted by Crippen LogP contribution is -2.35. The van der Waals surface area contributed by atoms with Crippen molar-refractivity contribution in [3.8, 4) is 28.3 Å². The smallest absolute Gasteiger partial charge is 0.309 e. The Morgan fingerprint density at radius 1 is 0.895 bits per heavy atom. The van der Waals surface area contributed by atoms with Crippen LogP contribution < -0.4 is 10.1 Å². The molecule has 2 aliphatic carbocycles. The zero-order valence-corrected chi connectivity index (χ0v) is 33.8. The fourth-order valence-corrected chi connectivity index (χ4v) is 10.4. The highest BCUT2D eigenvalue weighted by Gasteiger charge is 2.57. The Morgan fingerprint density at radius 2 is 1.60 bits per heavy atom. The molecule has 2 aliphatic heterocycles. The van der Waals surface area contributed by atoms with E-state index in [1.807, 2.05) is 54.1 Å². The molecule has 0 radical (unpaired) electrons. The third kappa shape index (κ3) is 7.53. The molecule has 1 saturated heterocycles. The maximum atomic E-state index is 13.8. The van der Waals surface area contributed by atoms with Crippen LogP contribution >= 0.6 is 23.2 Å². The molecule has 1 amide bonds. The largest absolute Gasteiger partial charge is 0.481 e. The predicted octanol–water partition coefficient (Wildman–Crippen LogP) is 7.80. The maximum Gasteiger partial charge on any atom is 0.309 e. The number of piperidine rings is 1. The number of aliphatic carboxylic acids is 2. The quantitative estimate of drug-likeness (QED) is 0.129. The van der Waals surface area contributed by atoms with Gasteiger partial charge in [-0.25, -0.2) is 9.97 Å². The summed E-state index contributed by atoms with van der Waals surface area (Å²) in [5.74, 6) is -1.23. The van der Waals surface area contributed by atoms with Gasteiger partial charge in [-0.3, -0.25) is 24.2 Å². The zero-order chi connectivity index (χ0) is 40.1. The molecule has 8 rings (SSSR count). The van der Waals surface area contributed by atoms with Gasteiger partial charge in [0.15, 0.2) is 5.82 Å². The SMILES string of the molecule is COc1nc(-c2cccc(-c3cccc(NC(=O)c4nc5c(n4C)CCN(CCC46CCC(C(=O)O)(CC4)C6)C5)c3Cl)c2Cl)ccc1CN1CCC(C(=O)O)CC1. The molecule has 2 saturated carbocycles. The van der Waals surface area contributed by atoms with E-state index >= 15 is 0 Å². The number of carboxylic acids is 2. The fraction of sp³-hybridized carbons (Fsp3) is 0.465. The Bertz CT molecular complexity index is 2230. The van der Waals surface area contributed by atoms with Crippen molar-refractivity contribution in [2.75, 3.05) is 38.6 Å². The average molecular weight is 816 g/mol. The molecule has 0 unspecified atom stereocenters. The van der Waals surface area contributed by atoms with Crippen molar-refractivity contribution in [2.45, 2.75) is 70.9 Å². The van der Waals surface area contributed by atoms with Gasteiger partial charge in [0.1, 0.15) is 0 Å². The van der Waals surface area contributed by atoms with E-state index in [1.54, 1.807) is 13.2 Å². The molecule has 0 atom stereocenters. The lowest BCUT2D eigenvalue weighted by molar-refractivity contribution is -0.148. The second kappa shape index (κ2) is 15.7. The van der Waals surface area contributed by atoms with Crippen molar-refractivity contribution in [2.24, 2.45) is 23.8 Å². The van der Waals surface area contributed by atoms with Crippen molar-refractivity contribution in [1.82, 2.24) is 24.3 Å². The van der Waals surface area contributed by atoms with Gasteiger partial charge in [0.25, 0.3) is 5.91 Å². The second-order valence-electron chi connectivity index (χ2n) is 16.5. The number of carboxylic acid groups (broad SMARTS) is 2. The van der Waals surface area contributed by atoms with E-state index in [1.165, 1.54) is 0 Å². The van der Waals surface area contributed by atoms with Crippen molar-refractivity contribution < 1.29 is 29.3 Å². The summed E-state index contributed by atoms with van der Waals surface area (Å²) in [5.41, 5.74) is 5.55. The third-order valence-electron chi connectivity index (χ3n) is 13.2. The highest BCUT2D eigenvalue weighted by atomic mass is 35.5. The van der Waals surface area contributed by atoms with E-state index in [4.69, 9.17) is 37.9 Å². The third-order valence-corrected chi connectivity index (χ3v) is 14.0. The number of carbonyl (C=O) groups is 3. The molecule has 2 bridgehead atoms. The number of imidazole rings is 1. The molecule has 2 aromatic carbocycles. The summed E-state index contributed by atoms with van der Waals surface area (Å²) in [6.45, 7) is 4.40. The van der Waals surface area contributed by atoms with Gasteiger partial charge in [0.2, 0.25) is 5.88 Å². The molecule has 3 N–H and O–H groups in total. The molecule has 4 aromatic rings. The number of nitrogens with zero attached hydrogens (tertiary/aromatic N) is 5. The van der Waals surface area contributed by atoms with Gasteiger partial charge in [-0.2, -0.15) is 0 Å². The molecule has 12 nitrogen and oxygen atoms in total. The second-order valence-corrected chi connectivity index (χ2v) is 17.2. The number of hydrogen-bond acceptors (Lipinski definition) is 8. The molecular weight excluding hydrogens is 767 g/mol. The summed E-state index contributed by atoms with van der Waals surface area (Å²) in [5, 5.41) is 23.0. The van der Waals surface area contributed by atoms with Crippen LogP contribution in [0.3, 0.4) is 0 Å². The molecule has 300 valence electrons. The highest BCUT2D eigenvalue weighted by molar-refractivity contribution is 6.39. The summed E-state index contributed by atoms with van der Waals surface area (Å²) in [6, 6.07) is 15.0. The number of carbonyl (C=O) groups excluding carboxylic acids is 1. The molecule has 4 heterocycles. The first-order valence-electron chi connectivity index (χ1n) is 19.8.